The van der Waals surface area contributed by atoms with E-state index in [2.05, 4.69) is 27.6 Å². The molecular weight excluding hydrogens is 296 g/mol. The Morgan fingerprint density at radius 1 is 1.50 bits per heavy atom. The number of pyridine rings is 1. The summed E-state index contributed by atoms with van der Waals surface area (Å²) in [6.07, 6.45) is 3.90. The van der Waals surface area contributed by atoms with Gasteiger partial charge >= 0.3 is 7.12 Å². The monoisotopic (exact) mass is 305 g/mol. The minimum absolute atomic E-state index is 0.306. The van der Waals surface area contributed by atoms with Crippen molar-refractivity contribution in [3.05, 3.63) is 15.8 Å². The molecule has 2 rings (SSSR count). The van der Waals surface area contributed by atoms with Crippen LogP contribution in [-0.2, 0) is 0 Å². The molecule has 0 aliphatic heterocycles. The van der Waals surface area contributed by atoms with Gasteiger partial charge in [-0.15, -0.1) is 0 Å². The summed E-state index contributed by atoms with van der Waals surface area (Å²) in [5, 5.41) is 17.8. The van der Waals surface area contributed by atoms with Crippen LogP contribution in [0.25, 0.3) is 0 Å². The zero-order chi connectivity index (χ0) is 10.1. The van der Waals surface area contributed by atoms with Gasteiger partial charge < -0.3 is 14.8 Å². The number of nitrogens with zero attached hydrogens (tertiary/aromatic N) is 1. The normalized spacial score (nSPS) is 15.4. The molecule has 14 heavy (non-hydrogen) atoms. The van der Waals surface area contributed by atoms with Gasteiger partial charge in [0.05, 0.1) is 3.57 Å². The molecular formula is C8H9BINO3. The van der Waals surface area contributed by atoms with Crippen molar-refractivity contribution in [1.82, 2.24) is 4.98 Å². The van der Waals surface area contributed by atoms with E-state index in [9.17, 15) is 0 Å². The van der Waals surface area contributed by atoms with Gasteiger partial charge in [-0.2, -0.15) is 0 Å². The number of halogens is 1. The highest BCUT2D eigenvalue weighted by Crippen LogP contribution is 2.27. The van der Waals surface area contributed by atoms with Gasteiger partial charge in [0.15, 0.2) is 0 Å². The Morgan fingerprint density at radius 2 is 2.21 bits per heavy atom. The number of rotatable bonds is 3. The average molecular weight is 305 g/mol. The van der Waals surface area contributed by atoms with Crippen molar-refractivity contribution in [2.24, 2.45) is 0 Å². The quantitative estimate of drug-likeness (QED) is 0.605. The lowest BCUT2D eigenvalue weighted by molar-refractivity contribution is 0.289. The second kappa shape index (κ2) is 4.04. The first kappa shape index (κ1) is 10.2. The first-order valence-corrected chi connectivity index (χ1v) is 5.43. The molecule has 6 heteroatoms. The highest BCUT2D eigenvalue weighted by molar-refractivity contribution is 14.1. The highest BCUT2D eigenvalue weighted by atomic mass is 127. The summed E-state index contributed by atoms with van der Waals surface area (Å²) in [5.41, 5.74) is 0.387. The maximum atomic E-state index is 8.90. The third-order valence-corrected chi connectivity index (χ3v) is 2.70. The Bertz CT molecular complexity index is 343. The van der Waals surface area contributed by atoms with Crippen LogP contribution in [0, 0.1) is 3.57 Å². The lowest BCUT2D eigenvalue weighted by Gasteiger charge is -2.06. The zero-order valence-electron chi connectivity index (χ0n) is 7.35. The molecule has 0 bridgehead atoms. The first-order chi connectivity index (χ1) is 6.66. The molecule has 0 aromatic carbocycles. The lowest BCUT2D eigenvalue weighted by atomic mass is 9.82. The van der Waals surface area contributed by atoms with Gasteiger partial charge in [0.25, 0.3) is 0 Å². The fourth-order valence-electron chi connectivity index (χ4n) is 1.01. The maximum Gasteiger partial charge on any atom is 0.490 e. The van der Waals surface area contributed by atoms with Crippen molar-refractivity contribution in [3.8, 4) is 5.88 Å². The van der Waals surface area contributed by atoms with Crippen molar-refractivity contribution < 1.29 is 14.8 Å². The third-order valence-electron chi connectivity index (χ3n) is 1.93. The number of hydrogen-bond acceptors (Lipinski definition) is 4. The van der Waals surface area contributed by atoms with E-state index in [-0.39, 0.29) is 0 Å². The highest BCUT2D eigenvalue weighted by Gasteiger charge is 2.25. The van der Waals surface area contributed by atoms with Gasteiger partial charge in [-0.25, -0.2) is 4.98 Å². The van der Waals surface area contributed by atoms with Crippen LogP contribution in [0.1, 0.15) is 12.8 Å². The van der Waals surface area contributed by atoms with E-state index in [4.69, 9.17) is 14.8 Å². The summed E-state index contributed by atoms with van der Waals surface area (Å²) in [4.78, 5) is 4.03. The van der Waals surface area contributed by atoms with Crippen LogP contribution < -0.4 is 10.2 Å². The molecule has 0 atom stereocenters. The summed E-state index contributed by atoms with van der Waals surface area (Å²) >= 11 is 2.07. The fourth-order valence-corrected chi connectivity index (χ4v) is 1.64. The molecule has 1 aliphatic carbocycles. The summed E-state index contributed by atoms with van der Waals surface area (Å²) in [7, 11) is -1.47. The predicted octanol–water partition coefficient (Wildman–Crippen LogP) is -0.0928. The Kier molecular flexibility index (Phi) is 2.94. The second-order valence-corrected chi connectivity index (χ2v) is 4.41. The molecule has 0 saturated heterocycles. The third kappa shape index (κ3) is 2.37. The van der Waals surface area contributed by atoms with Crippen molar-refractivity contribution in [2.45, 2.75) is 18.9 Å². The lowest BCUT2D eigenvalue weighted by Crippen LogP contribution is -2.30. The van der Waals surface area contributed by atoms with E-state index < -0.39 is 7.12 Å². The molecule has 0 amide bonds. The average Bonchev–Trinajstić information content (AvgIpc) is 2.92. The topological polar surface area (TPSA) is 62.6 Å². The van der Waals surface area contributed by atoms with Crippen LogP contribution >= 0.6 is 22.6 Å². The van der Waals surface area contributed by atoms with Gasteiger partial charge in [0.2, 0.25) is 5.88 Å². The molecule has 1 heterocycles. The van der Waals surface area contributed by atoms with E-state index in [0.29, 0.717) is 17.4 Å². The fraction of sp³-hybridized carbons (Fsp3) is 0.375. The van der Waals surface area contributed by atoms with Gasteiger partial charge in [-0.1, -0.05) is 0 Å². The molecule has 0 radical (unpaired) electrons. The maximum absolute atomic E-state index is 8.90. The van der Waals surface area contributed by atoms with Gasteiger partial charge in [0.1, 0.15) is 6.10 Å². The number of aromatic nitrogens is 1. The van der Waals surface area contributed by atoms with E-state index in [1.165, 1.54) is 6.20 Å². The molecule has 1 aromatic rings. The van der Waals surface area contributed by atoms with Crippen molar-refractivity contribution in [2.75, 3.05) is 0 Å². The summed E-state index contributed by atoms with van der Waals surface area (Å²) in [5.74, 6) is 0.581. The molecule has 2 N–H and O–H groups in total. The van der Waals surface area contributed by atoms with Crippen LogP contribution in [0.4, 0.5) is 0 Å². The van der Waals surface area contributed by atoms with Gasteiger partial charge in [-0.05, 0) is 41.5 Å². The zero-order valence-corrected chi connectivity index (χ0v) is 9.51. The van der Waals surface area contributed by atoms with Crippen molar-refractivity contribution >= 4 is 35.2 Å². The van der Waals surface area contributed by atoms with Crippen LogP contribution in [0.5, 0.6) is 5.88 Å². The van der Waals surface area contributed by atoms with E-state index in [1.807, 2.05) is 0 Å². The molecule has 1 fully saturated rings. The molecule has 1 saturated carbocycles. The van der Waals surface area contributed by atoms with Crippen LogP contribution in [0.2, 0.25) is 0 Å². The number of ether oxygens (including phenoxy) is 1. The molecule has 1 aliphatic rings. The van der Waals surface area contributed by atoms with Crippen LogP contribution in [-0.4, -0.2) is 28.3 Å². The first-order valence-electron chi connectivity index (χ1n) is 4.35. The van der Waals surface area contributed by atoms with Crippen molar-refractivity contribution in [3.63, 3.8) is 0 Å². The second-order valence-electron chi connectivity index (χ2n) is 3.25. The molecule has 74 valence electrons. The minimum Gasteiger partial charge on any atom is -0.474 e. The Morgan fingerprint density at radius 3 is 2.71 bits per heavy atom. The number of hydrogen-bond donors (Lipinski definition) is 2. The van der Waals surface area contributed by atoms with E-state index in [1.54, 1.807) is 6.07 Å². The predicted molar refractivity (Wildman–Crippen MR) is 60.4 cm³/mol. The van der Waals surface area contributed by atoms with Crippen LogP contribution in [0.3, 0.4) is 0 Å². The van der Waals surface area contributed by atoms with Gasteiger partial charge in [0, 0.05) is 11.7 Å². The van der Waals surface area contributed by atoms with Crippen molar-refractivity contribution in [1.29, 1.82) is 0 Å². The molecule has 4 nitrogen and oxygen atoms in total. The molecule has 0 spiro atoms. The largest absolute Gasteiger partial charge is 0.490 e. The van der Waals surface area contributed by atoms with E-state index >= 15 is 0 Å². The summed E-state index contributed by atoms with van der Waals surface area (Å²) in [6.45, 7) is 0. The van der Waals surface area contributed by atoms with Crippen LogP contribution in [0.15, 0.2) is 12.3 Å². The smallest absolute Gasteiger partial charge is 0.474 e. The molecule has 1 aromatic heterocycles. The Balaban J connectivity index is 2.17. The van der Waals surface area contributed by atoms with Gasteiger partial charge in [-0.3, -0.25) is 0 Å². The minimum atomic E-state index is -1.47. The summed E-state index contributed by atoms with van der Waals surface area (Å²) < 4.78 is 6.31. The Labute approximate surface area is 95.6 Å². The SMILES string of the molecule is OB(O)c1cnc(OC2CC2)c(I)c1. The summed E-state index contributed by atoms with van der Waals surface area (Å²) in [6, 6.07) is 1.66. The Hall–Kier alpha value is -0.335. The molecule has 0 unspecified atom stereocenters. The standard InChI is InChI=1S/C8H9BINO3/c10-7-3-5(9(12)13)4-11-8(7)14-6-1-2-6/h3-4,6,12-13H,1-2H2. The van der Waals surface area contributed by atoms with E-state index in [0.717, 1.165) is 16.4 Å².